The van der Waals surface area contributed by atoms with Crippen molar-refractivity contribution in [1.29, 1.82) is 0 Å². The molecule has 3 N–H and O–H groups in total. The number of fused-ring (bicyclic) bond motifs is 6. The molecule has 4 heterocycles. The number of nitrogens with one attached hydrogen (secondary N) is 2. The number of ether oxygens (including phenoxy) is 3. The Morgan fingerprint density at radius 2 is 1.79 bits per heavy atom. The highest BCUT2D eigenvalue weighted by Crippen LogP contribution is 2.54. The van der Waals surface area contributed by atoms with E-state index >= 15 is 4.79 Å². The molecule has 7 aliphatic rings. The predicted molar refractivity (Wildman–Crippen MR) is 206 cm³/mol. The number of carbonyl (C=O) groups excluding carboxylic acids is 3. The molecule has 15 nitrogen and oxygen atoms in total. The third-order valence-corrected chi connectivity index (χ3v) is 15.2. The van der Waals surface area contributed by atoms with Crippen molar-refractivity contribution < 1.29 is 46.9 Å². The lowest BCUT2D eigenvalue weighted by Crippen LogP contribution is -2.61. The number of allylic oxidation sites excluding steroid dienone is 1. The molecule has 0 spiro atoms. The largest absolute Gasteiger partial charge is 0.486 e. The molecule has 4 amide bonds. The van der Waals surface area contributed by atoms with Crippen LogP contribution < -0.4 is 24.2 Å². The molecule has 5 fully saturated rings. The van der Waals surface area contributed by atoms with E-state index in [4.69, 9.17) is 14.2 Å². The number of rotatable bonds is 7. The zero-order chi connectivity index (χ0) is 39.8. The number of carboxylic acid groups (broad SMARTS) is 1. The fourth-order valence-electron chi connectivity index (χ4n) is 10.1. The first-order valence-corrected chi connectivity index (χ1v) is 22.1. The van der Waals surface area contributed by atoms with Crippen molar-refractivity contribution in [2.45, 2.75) is 113 Å². The van der Waals surface area contributed by atoms with Crippen molar-refractivity contribution in [3.05, 3.63) is 36.5 Å². The second-order valence-corrected chi connectivity index (χ2v) is 19.5. The molecule has 3 aliphatic heterocycles. The standard InChI is InChI=1S/C41H51N5O10S/c1-22-5-3-4-6-26-20-41(26,39(49)44-57(52,53)29-7-8-29)43-36(47)32-19-28(56-37-31-9-10-33-35(55-14-13-54-33)30(31)11-12-42-37)21-45(32)38(48)34(23(2)15-22)46(40(50)51)27-17-24-16-25(24)18-27/h4,6,9-12,22-29,32,34H,3,5,7-8,13-21H2,1-2H3,(H,43,47)(H,44,49)(H,50,51)/b6-4-/t22-,23+,24-,25?,26+,27?,28+,32-,34-,41+/m0/s1. The second-order valence-electron chi connectivity index (χ2n) is 17.6. The van der Waals surface area contributed by atoms with Crippen LogP contribution in [0.4, 0.5) is 4.79 Å². The molecular weight excluding hydrogens is 755 g/mol. The smallest absolute Gasteiger partial charge is 0.408 e. The summed E-state index contributed by atoms with van der Waals surface area (Å²) in [7, 11) is -3.92. The number of sulfonamides is 1. The molecule has 16 heteroatoms. The third-order valence-electron chi connectivity index (χ3n) is 13.4. The van der Waals surface area contributed by atoms with Crippen LogP contribution >= 0.6 is 0 Å². The average molecular weight is 806 g/mol. The van der Waals surface area contributed by atoms with Crippen molar-refractivity contribution in [2.75, 3.05) is 19.8 Å². The molecule has 0 bridgehead atoms. The Balaban J connectivity index is 1.07. The summed E-state index contributed by atoms with van der Waals surface area (Å²) in [5.74, 6) is -0.213. The van der Waals surface area contributed by atoms with Crippen molar-refractivity contribution in [2.24, 2.45) is 29.6 Å². The first kappa shape index (κ1) is 37.9. The number of amides is 4. The van der Waals surface area contributed by atoms with E-state index in [0.717, 1.165) is 18.2 Å². The van der Waals surface area contributed by atoms with Gasteiger partial charge in [0.2, 0.25) is 27.7 Å². The van der Waals surface area contributed by atoms with E-state index in [1.54, 1.807) is 18.3 Å². The highest BCUT2D eigenvalue weighted by atomic mass is 32.2. The monoisotopic (exact) mass is 805 g/mol. The summed E-state index contributed by atoms with van der Waals surface area (Å²) in [6.07, 6.45) is 9.21. The minimum Gasteiger partial charge on any atom is -0.486 e. The van der Waals surface area contributed by atoms with Crippen LogP contribution in [0.15, 0.2) is 36.5 Å². The normalized spacial score (nSPS) is 35.4. The van der Waals surface area contributed by atoms with Crippen molar-refractivity contribution >= 4 is 44.6 Å². The quantitative estimate of drug-likeness (QED) is 0.343. The number of benzene rings is 1. The van der Waals surface area contributed by atoms with E-state index < -0.39 is 68.7 Å². The van der Waals surface area contributed by atoms with Gasteiger partial charge in [-0.25, -0.2) is 18.2 Å². The van der Waals surface area contributed by atoms with Crippen LogP contribution in [0.1, 0.15) is 78.1 Å². The molecule has 4 saturated carbocycles. The molecule has 2 unspecified atom stereocenters. The van der Waals surface area contributed by atoms with Gasteiger partial charge in [0.05, 0.1) is 11.8 Å². The maximum Gasteiger partial charge on any atom is 0.408 e. The van der Waals surface area contributed by atoms with Gasteiger partial charge in [0.15, 0.2) is 11.5 Å². The van der Waals surface area contributed by atoms with Crippen LogP contribution in [0.2, 0.25) is 0 Å². The maximum atomic E-state index is 15.2. The van der Waals surface area contributed by atoms with Gasteiger partial charge in [0.25, 0.3) is 5.91 Å². The Morgan fingerprint density at radius 3 is 2.54 bits per heavy atom. The van der Waals surface area contributed by atoms with Gasteiger partial charge in [0.1, 0.15) is 36.9 Å². The van der Waals surface area contributed by atoms with Gasteiger partial charge in [-0.3, -0.25) is 24.0 Å². The lowest BCUT2D eigenvalue weighted by Gasteiger charge is -2.40. The van der Waals surface area contributed by atoms with Gasteiger partial charge < -0.3 is 29.5 Å². The Bertz CT molecular complexity index is 2120. The van der Waals surface area contributed by atoms with Crippen LogP contribution in [-0.2, 0) is 24.4 Å². The average Bonchev–Trinajstić information content (AvgIpc) is 4.14. The van der Waals surface area contributed by atoms with Crippen molar-refractivity contribution in [3.63, 3.8) is 0 Å². The van der Waals surface area contributed by atoms with Gasteiger partial charge in [0, 0.05) is 35.3 Å². The number of aromatic nitrogens is 1. The number of nitrogens with zero attached hydrogens (tertiary/aromatic N) is 3. The summed E-state index contributed by atoms with van der Waals surface area (Å²) in [4.78, 5) is 64.4. The fraction of sp³-hybridized carbons (Fsp3) is 0.634. The van der Waals surface area contributed by atoms with Gasteiger partial charge >= 0.3 is 6.09 Å². The zero-order valence-electron chi connectivity index (χ0n) is 32.3. The minimum atomic E-state index is -3.92. The van der Waals surface area contributed by atoms with E-state index in [9.17, 15) is 27.9 Å². The molecule has 4 aliphatic carbocycles. The van der Waals surface area contributed by atoms with E-state index in [2.05, 4.69) is 21.9 Å². The summed E-state index contributed by atoms with van der Waals surface area (Å²) < 4.78 is 46.4. The Hall–Kier alpha value is -4.60. The van der Waals surface area contributed by atoms with Gasteiger partial charge in [-0.1, -0.05) is 26.0 Å². The highest BCUT2D eigenvalue weighted by molar-refractivity contribution is 7.91. The van der Waals surface area contributed by atoms with Crippen molar-refractivity contribution in [1.82, 2.24) is 24.8 Å². The summed E-state index contributed by atoms with van der Waals surface area (Å²) in [5, 5.41) is 14.5. The highest BCUT2D eigenvalue weighted by Gasteiger charge is 2.62. The Morgan fingerprint density at radius 1 is 1.02 bits per heavy atom. The van der Waals surface area contributed by atoms with Crippen LogP contribution in [0.3, 0.4) is 0 Å². The van der Waals surface area contributed by atoms with Crippen LogP contribution in [0, 0.1) is 29.6 Å². The minimum absolute atomic E-state index is 0.0247. The molecule has 9 rings (SSSR count). The number of carbonyl (C=O) groups is 4. The maximum absolute atomic E-state index is 15.2. The SMILES string of the molecule is C[C@H]1CC/C=C\[C@@H]2C[C@@]2(C(=O)NS(=O)(=O)C2CC2)NC(=O)[C@@H]2C[C@@H](Oc3nccc4c5c(ccc34)OCCO5)CN2C(=O)[C@@H](N(C(=O)O)C2CC3C[C@H]3C2)[C@H](C)C1. The Labute approximate surface area is 331 Å². The summed E-state index contributed by atoms with van der Waals surface area (Å²) in [5.41, 5.74) is -1.53. The van der Waals surface area contributed by atoms with Crippen molar-refractivity contribution in [3.8, 4) is 17.4 Å². The molecule has 1 saturated heterocycles. The molecular formula is C41H51N5O10S. The van der Waals surface area contributed by atoms with Gasteiger partial charge in [-0.2, -0.15) is 0 Å². The number of hydrogen-bond acceptors (Lipinski definition) is 10. The van der Waals surface area contributed by atoms with Crippen LogP contribution in [0.5, 0.6) is 17.4 Å². The topological polar surface area (TPSA) is 194 Å². The number of hydrogen-bond donors (Lipinski definition) is 3. The summed E-state index contributed by atoms with van der Waals surface area (Å²) in [6, 6.07) is 2.90. The molecule has 306 valence electrons. The van der Waals surface area contributed by atoms with E-state index in [1.807, 2.05) is 25.1 Å². The van der Waals surface area contributed by atoms with Crippen LogP contribution in [-0.4, -0.2) is 107 Å². The molecule has 10 atom stereocenters. The predicted octanol–water partition coefficient (Wildman–Crippen LogP) is 4.00. The first-order valence-electron chi connectivity index (χ1n) is 20.5. The van der Waals surface area contributed by atoms with E-state index in [-0.39, 0.29) is 43.1 Å². The lowest BCUT2D eigenvalue weighted by atomic mass is 9.86. The van der Waals surface area contributed by atoms with Gasteiger partial charge in [-0.15, -0.1) is 0 Å². The third kappa shape index (κ3) is 7.16. The Kier molecular flexibility index (Phi) is 9.55. The molecule has 1 aromatic heterocycles. The van der Waals surface area contributed by atoms with Gasteiger partial charge in [-0.05, 0) is 99.7 Å². The number of pyridine rings is 1. The fourth-order valence-corrected chi connectivity index (χ4v) is 11.4. The molecule has 0 radical (unpaired) electrons. The molecule has 2 aromatic rings. The van der Waals surface area contributed by atoms with Crippen LogP contribution in [0.25, 0.3) is 10.8 Å². The molecule has 57 heavy (non-hydrogen) atoms. The summed E-state index contributed by atoms with van der Waals surface area (Å²) in [6.45, 7) is 4.80. The zero-order valence-corrected chi connectivity index (χ0v) is 33.1. The molecule has 1 aromatic carbocycles. The second kappa shape index (κ2) is 14.3. The van der Waals surface area contributed by atoms with E-state index in [1.165, 1.54) is 9.80 Å². The first-order chi connectivity index (χ1) is 27.3. The lowest BCUT2D eigenvalue weighted by molar-refractivity contribution is -0.145. The summed E-state index contributed by atoms with van der Waals surface area (Å²) >= 11 is 0. The van der Waals surface area contributed by atoms with E-state index in [0.29, 0.717) is 80.5 Å².